The van der Waals surface area contributed by atoms with Gasteiger partial charge in [0.1, 0.15) is 17.7 Å². The van der Waals surface area contributed by atoms with Crippen molar-refractivity contribution in [1.29, 1.82) is 0 Å². The minimum atomic E-state index is -1.07. The number of methoxy groups -OCH3 is 1. The average Bonchev–Trinajstić information content (AvgIpc) is 2.61. The van der Waals surface area contributed by atoms with Gasteiger partial charge in [-0.3, -0.25) is 9.59 Å². The molecule has 1 aromatic carbocycles. The molecule has 1 N–H and O–H groups in total. The molecule has 0 aliphatic carbocycles. The van der Waals surface area contributed by atoms with Gasteiger partial charge in [0.2, 0.25) is 0 Å². The number of aromatic carboxylic acids is 1. The van der Waals surface area contributed by atoms with Crippen molar-refractivity contribution in [3.63, 3.8) is 0 Å². The summed E-state index contributed by atoms with van der Waals surface area (Å²) in [5, 5.41) is 9.01. The van der Waals surface area contributed by atoms with E-state index in [-0.39, 0.29) is 17.7 Å². The fourth-order valence-electron chi connectivity index (χ4n) is 2.49. The largest absolute Gasteiger partial charge is 0.478 e. The standard InChI is InChI=1S/C20H21NO7/c1-20(2,3)28-16(22)11-21-10-14(9-15(17(21)23)19(26)27-4)12-5-7-13(8-6-12)18(24)25/h5-10H,11H2,1-4H3,(H,24,25). The van der Waals surface area contributed by atoms with Crippen molar-refractivity contribution in [2.45, 2.75) is 32.9 Å². The maximum atomic E-state index is 12.6. The van der Waals surface area contributed by atoms with Gasteiger partial charge in [-0.25, -0.2) is 9.59 Å². The van der Waals surface area contributed by atoms with E-state index >= 15 is 0 Å². The quantitative estimate of drug-likeness (QED) is 0.784. The first kappa shape index (κ1) is 20.9. The summed E-state index contributed by atoms with van der Waals surface area (Å²) in [5.41, 5.74) is -0.557. The van der Waals surface area contributed by atoms with Crippen LogP contribution in [-0.2, 0) is 20.8 Å². The van der Waals surface area contributed by atoms with Crippen LogP contribution in [0.4, 0.5) is 0 Å². The summed E-state index contributed by atoms with van der Waals surface area (Å²) in [6.45, 7) is 4.72. The summed E-state index contributed by atoms with van der Waals surface area (Å²) in [6, 6.07) is 7.23. The zero-order valence-corrected chi connectivity index (χ0v) is 16.0. The third-order valence-corrected chi connectivity index (χ3v) is 3.68. The summed E-state index contributed by atoms with van der Waals surface area (Å²) in [5.74, 6) is -2.55. The van der Waals surface area contributed by atoms with E-state index in [1.54, 1.807) is 32.9 Å². The van der Waals surface area contributed by atoms with Gasteiger partial charge in [-0.15, -0.1) is 0 Å². The lowest BCUT2D eigenvalue weighted by molar-refractivity contribution is -0.155. The molecule has 0 bridgehead atoms. The SMILES string of the molecule is COC(=O)c1cc(-c2ccc(C(=O)O)cc2)cn(CC(=O)OC(C)(C)C)c1=O. The molecule has 0 saturated heterocycles. The molecule has 0 aliphatic heterocycles. The highest BCUT2D eigenvalue weighted by molar-refractivity contribution is 5.91. The number of carbonyl (C=O) groups is 3. The second-order valence-corrected chi connectivity index (χ2v) is 7.04. The van der Waals surface area contributed by atoms with Crippen LogP contribution in [0.3, 0.4) is 0 Å². The van der Waals surface area contributed by atoms with Crippen LogP contribution in [0.15, 0.2) is 41.3 Å². The Labute approximate surface area is 161 Å². The first-order chi connectivity index (χ1) is 13.0. The van der Waals surface area contributed by atoms with Crippen molar-refractivity contribution in [3.05, 3.63) is 58.0 Å². The summed E-state index contributed by atoms with van der Waals surface area (Å²) < 4.78 is 11.0. The smallest absolute Gasteiger partial charge is 0.343 e. The Kier molecular flexibility index (Phi) is 6.03. The molecule has 8 heteroatoms. The second kappa shape index (κ2) is 8.08. The molecule has 2 aromatic rings. The zero-order valence-electron chi connectivity index (χ0n) is 16.0. The number of carbonyl (C=O) groups excluding carboxylic acids is 2. The van der Waals surface area contributed by atoms with Gasteiger partial charge in [-0.05, 0) is 50.1 Å². The van der Waals surface area contributed by atoms with Gasteiger partial charge in [-0.2, -0.15) is 0 Å². The maximum absolute atomic E-state index is 12.6. The van der Waals surface area contributed by atoms with E-state index in [2.05, 4.69) is 4.74 Å². The maximum Gasteiger partial charge on any atom is 0.343 e. The highest BCUT2D eigenvalue weighted by atomic mass is 16.6. The molecule has 0 fully saturated rings. The van der Waals surface area contributed by atoms with Crippen LogP contribution in [0, 0.1) is 0 Å². The number of benzene rings is 1. The van der Waals surface area contributed by atoms with E-state index in [9.17, 15) is 19.2 Å². The number of hydrogen-bond donors (Lipinski definition) is 1. The lowest BCUT2D eigenvalue weighted by atomic mass is 10.0. The van der Waals surface area contributed by atoms with E-state index < -0.39 is 29.1 Å². The van der Waals surface area contributed by atoms with Crippen molar-refractivity contribution in [3.8, 4) is 11.1 Å². The molecular weight excluding hydrogens is 366 g/mol. The Morgan fingerprint density at radius 3 is 2.18 bits per heavy atom. The van der Waals surface area contributed by atoms with Gasteiger partial charge in [0.25, 0.3) is 5.56 Å². The van der Waals surface area contributed by atoms with Crippen molar-refractivity contribution < 1.29 is 29.0 Å². The molecule has 1 heterocycles. The van der Waals surface area contributed by atoms with Crippen LogP contribution in [0.2, 0.25) is 0 Å². The molecule has 0 radical (unpaired) electrons. The summed E-state index contributed by atoms with van der Waals surface area (Å²) in [7, 11) is 1.15. The minimum Gasteiger partial charge on any atom is -0.478 e. The zero-order chi connectivity index (χ0) is 21.1. The molecule has 8 nitrogen and oxygen atoms in total. The van der Waals surface area contributed by atoms with Gasteiger partial charge < -0.3 is 19.1 Å². The fraction of sp³-hybridized carbons (Fsp3) is 0.300. The highest BCUT2D eigenvalue weighted by Gasteiger charge is 2.20. The van der Waals surface area contributed by atoms with E-state index in [1.807, 2.05) is 0 Å². The number of esters is 2. The third kappa shape index (κ3) is 5.06. The number of rotatable bonds is 5. The Morgan fingerprint density at radius 2 is 1.68 bits per heavy atom. The summed E-state index contributed by atoms with van der Waals surface area (Å²) >= 11 is 0. The van der Waals surface area contributed by atoms with Crippen molar-refractivity contribution >= 4 is 17.9 Å². The molecule has 1 aromatic heterocycles. The first-order valence-corrected chi connectivity index (χ1v) is 8.40. The molecule has 28 heavy (non-hydrogen) atoms. The van der Waals surface area contributed by atoms with Crippen LogP contribution < -0.4 is 5.56 Å². The molecule has 0 atom stereocenters. The van der Waals surface area contributed by atoms with E-state index in [4.69, 9.17) is 9.84 Å². The number of carboxylic acids is 1. The van der Waals surface area contributed by atoms with Gasteiger partial charge in [0.05, 0.1) is 12.7 Å². The summed E-state index contributed by atoms with van der Waals surface area (Å²) in [4.78, 5) is 47.7. The van der Waals surface area contributed by atoms with Crippen LogP contribution in [-0.4, -0.2) is 40.3 Å². The Hall–Kier alpha value is -3.42. The predicted molar refractivity (Wildman–Crippen MR) is 100 cm³/mol. The molecule has 148 valence electrons. The summed E-state index contributed by atoms with van der Waals surface area (Å²) in [6.07, 6.45) is 1.41. The van der Waals surface area contributed by atoms with Crippen LogP contribution in [0.5, 0.6) is 0 Å². The monoisotopic (exact) mass is 387 g/mol. The minimum absolute atomic E-state index is 0.0963. The van der Waals surface area contributed by atoms with Gasteiger partial charge in [0.15, 0.2) is 0 Å². The number of aromatic nitrogens is 1. The van der Waals surface area contributed by atoms with E-state index in [0.29, 0.717) is 11.1 Å². The molecular formula is C20H21NO7. The Balaban J connectivity index is 2.51. The molecule has 2 rings (SSSR count). The molecule has 0 amide bonds. The van der Waals surface area contributed by atoms with Gasteiger partial charge in [-0.1, -0.05) is 12.1 Å². The number of ether oxygens (including phenoxy) is 2. The lowest BCUT2D eigenvalue weighted by Crippen LogP contribution is -2.32. The predicted octanol–water partition coefficient (Wildman–Crippen LogP) is 2.34. The Bertz CT molecular complexity index is 966. The number of hydrogen-bond acceptors (Lipinski definition) is 6. The van der Waals surface area contributed by atoms with Crippen molar-refractivity contribution in [2.24, 2.45) is 0 Å². The lowest BCUT2D eigenvalue weighted by Gasteiger charge is -2.20. The van der Waals surface area contributed by atoms with Gasteiger partial charge in [0, 0.05) is 6.20 Å². The second-order valence-electron chi connectivity index (χ2n) is 7.04. The van der Waals surface area contributed by atoms with E-state index in [1.165, 1.54) is 24.4 Å². The van der Waals surface area contributed by atoms with E-state index in [0.717, 1.165) is 11.7 Å². The van der Waals surface area contributed by atoms with Crippen molar-refractivity contribution in [2.75, 3.05) is 7.11 Å². The topological polar surface area (TPSA) is 112 Å². The number of pyridine rings is 1. The molecule has 0 saturated carbocycles. The van der Waals surface area contributed by atoms with Gasteiger partial charge >= 0.3 is 17.9 Å². The molecule has 0 spiro atoms. The Morgan fingerprint density at radius 1 is 1.07 bits per heavy atom. The van der Waals surface area contributed by atoms with Crippen LogP contribution in [0.1, 0.15) is 41.5 Å². The molecule has 0 unspecified atom stereocenters. The van der Waals surface area contributed by atoms with Crippen LogP contribution in [0.25, 0.3) is 11.1 Å². The van der Waals surface area contributed by atoms with Crippen LogP contribution >= 0.6 is 0 Å². The highest BCUT2D eigenvalue weighted by Crippen LogP contribution is 2.20. The fourth-order valence-corrected chi connectivity index (χ4v) is 2.49. The number of carboxylic acid groups (broad SMARTS) is 1. The van der Waals surface area contributed by atoms with Crippen molar-refractivity contribution in [1.82, 2.24) is 4.57 Å². The molecule has 0 aliphatic rings. The average molecular weight is 387 g/mol. The third-order valence-electron chi connectivity index (χ3n) is 3.68. The normalized spacial score (nSPS) is 11.0. The number of nitrogens with zero attached hydrogens (tertiary/aromatic N) is 1. The first-order valence-electron chi connectivity index (χ1n) is 8.40.